The highest BCUT2D eigenvalue weighted by atomic mass is 35.5. The lowest BCUT2D eigenvalue weighted by molar-refractivity contribution is 0.0930. The molecular weight excluding hydrogens is 310 g/mol. The molecule has 0 saturated carbocycles. The highest BCUT2D eigenvalue weighted by molar-refractivity contribution is 6.29. The molecule has 4 nitrogen and oxygen atoms in total. The SMILES string of the molecule is CC1(C)CNC(=O)c2ccc(-c3c[nH]c4nc(Cl)ccc34)cc21. The average molecular weight is 326 g/mol. The molecule has 1 aromatic carbocycles. The van der Waals surface area contributed by atoms with Crippen LogP contribution in [0, 0.1) is 0 Å². The van der Waals surface area contributed by atoms with Gasteiger partial charge >= 0.3 is 0 Å². The number of hydrogen-bond donors (Lipinski definition) is 2. The second kappa shape index (κ2) is 4.83. The third kappa shape index (κ3) is 2.21. The Kier molecular flexibility index (Phi) is 3.00. The number of aromatic nitrogens is 2. The number of nitrogens with one attached hydrogen (secondary N) is 2. The van der Waals surface area contributed by atoms with Crippen LogP contribution in [-0.2, 0) is 5.41 Å². The van der Waals surface area contributed by atoms with Gasteiger partial charge in [0.25, 0.3) is 5.91 Å². The summed E-state index contributed by atoms with van der Waals surface area (Å²) in [7, 11) is 0. The van der Waals surface area contributed by atoms with Crippen LogP contribution in [0.25, 0.3) is 22.2 Å². The summed E-state index contributed by atoms with van der Waals surface area (Å²) in [4.78, 5) is 19.5. The van der Waals surface area contributed by atoms with Crippen LogP contribution in [0.4, 0.5) is 0 Å². The highest BCUT2D eigenvalue weighted by Gasteiger charge is 2.31. The van der Waals surface area contributed by atoms with Gasteiger partial charge in [-0.15, -0.1) is 0 Å². The summed E-state index contributed by atoms with van der Waals surface area (Å²) in [6, 6.07) is 9.76. The number of amides is 1. The molecule has 3 aromatic rings. The molecule has 0 radical (unpaired) electrons. The summed E-state index contributed by atoms with van der Waals surface area (Å²) in [6.07, 6.45) is 1.94. The van der Waals surface area contributed by atoms with E-state index in [1.807, 2.05) is 24.4 Å². The first-order valence-electron chi connectivity index (χ1n) is 7.52. The molecule has 0 unspecified atom stereocenters. The number of carbonyl (C=O) groups is 1. The Balaban J connectivity index is 1.91. The number of H-pyrrole nitrogens is 1. The van der Waals surface area contributed by atoms with Crippen LogP contribution in [-0.4, -0.2) is 22.4 Å². The number of aromatic amines is 1. The van der Waals surface area contributed by atoms with Gasteiger partial charge in [0, 0.05) is 34.7 Å². The predicted octanol–water partition coefficient (Wildman–Crippen LogP) is 3.90. The minimum Gasteiger partial charge on any atom is -0.351 e. The minimum atomic E-state index is -0.0904. The van der Waals surface area contributed by atoms with E-state index < -0.39 is 0 Å². The number of carbonyl (C=O) groups excluding carboxylic acids is 1. The van der Waals surface area contributed by atoms with Gasteiger partial charge in [-0.3, -0.25) is 4.79 Å². The Bertz CT molecular complexity index is 943. The molecule has 4 rings (SSSR count). The average Bonchev–Trinajstić information content (AvgIpc) is 2.94. The molecule has 0 atom stereocenters. The molecule has 0 spiro atoms. The van der Waals surface area contributed by atoms with Crippen molar-refractivity contribution in [2.45, 2.75) is 19.3 Å². The summed E-state index contributed by atoms with van der Waals surface area (Å²) in [5.74, 6) is -0.00162. The maximum Gasteiger partial charge on any atom is 0.251 e. The zero-order valence-corrected chi connectivity index (χ0v) is 13.7. The number of fused-ring (bicyclic) bond motifs is 2. The quantitative estimate of drug-likeness (QED) is 0.666. The fourth-order valence-electron chi connectivity index (χ4n) is 3.18. The van der Waals surface area contributed by atoms with E-state index in [0.717, 1.165) is 33.3 Å². The van der Waals surface area contributed by atoms with E-state index in [-0.39, 0.29) is 11.3 Å². The zero-order chi connectivity index (χ0) is 16.2. The number of halogens is 1. The molecule has 3 heterocycles. The standard InChI is InChI=1S/C18H16ClN3O/c1-18(2)9-21-17(23)12-4-3-10(7-14(12)18)13-8-20-16-11(13)5-6-15(19)22-16/h3-8H,9H2,1-2H3,(H,20,22)(H,21,23). The molecule has 1 aliphatic rings. The lowest BCUT2D eigenvalue weighted by Gasteiger charge is -2.32. The number of pyridine rings is 1. The smallest absolute Gasteiger partial charge is 0.251 e. The van der Waals surface area contributed by atoms with Gasteiger partial charge in [0.15, 0.2) is 0 Å². The third-order valence-corrected chi connectivity index (χ3v) is 4.71. The zero-order valence-electron chi connectivity index (χ0n) is 12.9. The summed E-state index contributed by atoms with van der Waals surface area (Å²) < 4.78 is 0. The lowest BCUT2D eigenvalue weighted by Crippen LogP contribution is -2.43. The van der Waals surface area contributed by atoms with Gasteiger partial charge in [0.1, 0.15) is 10.8 Å². The van der Waals surface area contributed by atoms with Crippen LogP contribution in [0.2, 0.25) is 5.15 Å². The third-order valence-electron chi connectivity index (χ3n) is 4.50. The first-order chi connectivity index (χ1) is 11.0. The van der Waals surface area contributed by atoms with Crippen LogP contribution in [0.1, 0.15) is 29.8 Å². The number of benzene rings is 1. The van der Waals surface area contributed by atoms with E-state index in [2.05, 4.69) is 35.2 Å². The van der Waals surface area contributed by atoms with E-state index >= 15 is 0 Å². The molecule has 0 aliphatic carbocycles. The topological polar surface area (TPSA) is 57.8 Å². The maximum absolute atomic E-state index is 12.1. The van der Waals surface area contributed by atoms with Gasteiger partial charge in [0.2, 0.25) is 0 Å². The van der Waals surface area contributed by atoms with E-state index in [1.54, 1.807) is 6.07 Å². The monoisotopic (exact) mass is 325 g/mol. The Morgan fingerprint density at radius 3 is 2.83 bits per heavy atom. The summed E-state index contributed by atoms with van der Waals surface area (Å²) in [6.45, 7) is 4.94. The largest absolute Gasteiger partial charge is 0.351 e. The first kappa shape index (κ1) is 14.3. The fourth-order valence-corrected chi connectivity index (χ4v) is 3.33. The molecule has 0 fully saturated rings. The van der Waals surface area contributed by atoms with Crippen LogP contribution in [0.5, 0.6) is 0 Å². The van der Waals surface area contributed by atoms with Crippen molar-refractivity contribution in [1.82, 2.24) is 15.3 Å². The number of nitrogens with zero attached hydrogens (tertiary/aromatic N) is 1. The molecular formula is C18H16ClN3O. The van der Waals surface area contributed by atoms with Crippen molar-refractivity contribution in [2.75, 3.05) is 6.54 Å². The van der Waals surface area contributed by atoms with Gasteiger partial charge in [-0.1, -0.05) is 31.5 Å². The van der Waals surface area contributed by atoms with E-state index in [4.69, 9.17) is 11.6 Å². The van der Waals surface area contributed by atoms with Crippen molar-refractivity contribution in [3.63, 3.8) is 0 Å². The Morgan fingerprint density at radius 2 is 2.00 bits per heavy atom. The van der Waals surface area contributed by atoms with Crippen molar-refractivity contribution in [3.05, 3.63) is 52.8 Å². The highest BCUT2D eigenvalue weighted by Crippen LogP contribution is 2.35. The predicted molar refractivity (Wildman–Crippen MR) is 91.9 cm³/mol. The van der Waals surface area contributed by atoms with Crippen LogP contribution >= 0.6 is 11.6 Å². The van der Waals surface area contributed by atoms with Gasteiger partial charge in [0.05, 0.1) is 0 Å². The second-order valence-electron chi connectivity index (χ2n) is 6.56. The lowest BCUT2D eigenvalue weighted by atomic mass is 9.78. The fraction of sp³-hybridized carbons (Fsp3) is 0.222. The molecule has 23 heavy (non-hydrogen) atoms. The van der Waals surface area contributed by atoms with E-state index in [1.165, 1.54) is 0 Å². The molecule has 116 valence electrons. The maximum atomic E-state index is 12.1. The van der Waals surface area contributed by atoms with Crippen molar-refractivity contribution < 1.29 is 4.79 Å². The summed E-state index contributed by atoms with van der Waals surface area (Å²) in [5, 5.41) is 4.44. The van der Waals surface area contributed by atoms with Crippen molar-refractivity contribution >= 4 is 28.5 Å². The Morgan fingerprint density at radius 1 is 1.17 bits per heavy atom. The van der Waals surface area contributed by atoms with Crippen molar-refractivity contribution in [3.8, 4) is 11.1 Å². The van der Waals surface area contributed by atoms with Gasteiger partial charge in [-0.2, -0.15) is 0 Å². The van der Waals surface area contributed by atoms with Gasteiger partial charge in [-0.05, 0) is 35.4 Å². The minimum absolute atomic E-state index is 0.00162. The summed E-state index contributed by atoms with van der Waals surface area (Å²) >= 11 is 5.95. The molecule has 0 saturated heterocycles. The molecule has 2 N–H and O–H groups in total. The van der Waals surface area contributed by atoms with Crippen LogP contribution in [0.15, 0.2) is 36.5 Å². The van der Waals surface area contributed by atoms with Gasteiger partial charge in [-0.25, -0.2) is 4.98 Å². The van der Waals surface area contributed by atoms with Crippen molar-refractivity contribution in [1.29, 1.82) is 0 Å². The Hall–Kier alpha value is -2.33. The Labute approximate surface area is 138 Å². The second-order valence-corrected chi connectivity index (χ2v) is 6.95. The molecule has 5 heteroatoms. The first-order valence-corrected chi connectivity index (χ1v) is 7.90. The molecule has 0 bridgehead atoms. The van der Waals surface area contributed by atoms with E-state index in [9.17, 15) is 4.79 Å². The molecule has 1 aliphatic heterocycles. The molecule has 2 aromatic heterocycles. The number of rotatable bonds is 1. The van der Waals surface area contributed by atoms with E-state index in [0.29, 0.717) is 11.7 Å². The van der Waals surface area contributed by atoms with Crippen LogP contribution in [0.3, 0.4) is 0 Å². The normalized spacial score (nSPS) is 16.2. The van der Waals surface area contributed by atoms with Crippen molar-refractivity contribution in [2.24, 2.45) is 0 Å². The van der Waals surface area contributed by atoms with Gasteiger partial charge < -0.3 is 10.3 Å². The summed E-state index contributed by atoms with van der Waals surface area (Å²) in [5.41, 5.74) is 4.64. The number of hydrogen-bond acceptors (Lipinski definition) is 2. The molecule has 1 amide bonds. The van der Waals surface area contributed by atoms with Crippen LogP contribution < -0.4 is 5.32 Å².